The molecule has 0 unspecified atom stereocenters. The Kier molecular flexibility index (Phi) is 3.29. The molecule has 2 amide bonds. The molecule has 1 aromatic carbocycles. The van der Waals surface area contributed by atoms with Gasteiger partial charge in [-0.05, 0) is 49.0 Å². The van der Waals surface area contributed by atoms with Crippen molar-refractivity contribution in [1.82, 2.24) is 10.2 Å². The van der Waals surface area contributed by atoms with Crippen LogP contribution in [-0.4, -0.2) is 35.8 Å². The molecule has 1 heterocycles. The highest BCUT2D eigenvalue weighted by Gasteiger charge is 2.39. The third-order valence-corrected chi connectivity index (χ3v) is 3.84. The first-order valence-corrected chi connectivity index (χ1v) is 6.50. The maximum absolute atomic E-state index is 12.3. The predicted octanol–water partition coefficient (Wildman–Crippen LogP) is 2.04. The number of halogens is 1. The van der Waals surface area contributed by atoms with E-state index in [0.717, 1.165) is 0 Å². The van der Waals surface area contributed by atoms with Crippen LogP contribution in [0.1, 0.15) is 34.6 Å². The number of nitrogens with one attached hydrogen (secondary N) is 1. The fourth-order valence-corrected chi connectivity index (χ4v) is 2.45. The second-order valence-corrected chi connectivity index (χ2v) is 5.85. The van der Waals surface area contributed by atoms with Crippen LogP contribution in [0.4, 0.5) is 0 Å². The van der Waals surface area contributed by atoms with Crippen LogP contribution in [0.25, 0.3) is 0 Å². The lowest BCUT2D eigenvalue weighted by molar-refractivity contribution is 0.0615. The van der Waals surface area contributed by atoms with Gasteiger partial charge >= 0.3 is 0 Å². The Morgan fingerprint density at radius 2 is 1.94 bits per heavy atom. The number of imide groups is 1. The molecular formula is C13H15BrN2O2. The molecule has 1 aromatic rings. The molecule has 0 saturated carbocycles. The maximum atomic E-state index is 12.3. The summed E-state index contributed by atoms with van der Waals surface area (Å²) in [5.41, 5.74) is 0.635. The van der Waals surface area contributed by atoms with Gasteiger partial charge < -0.3 is 5.32 Å². The second-order valence-electron chi connectivity index (χ2n) is 4.99. The highest BCUT2D eigenvalue weighted by atomic mass is 79.9. The molecule has 0 aromatic heterocycles. The third kappa shape index (κ3) is 2.08. The molecule has 2 rings (SSSR count). The summed E-state index contributed by atoms with van der Waals surface area (Å²) in [7, 11) is 1.81. The Hall–Kier alpha value is -1.20. The van der Waals surface area contributed by atoms with Crippen molar-refractivity contribution < 1.29 is 9.59 Å². The number of nitrogens with zero attached hydrogens (tertiary/aromatic N) is 1. The highest BCUT2D eigenvalue weighted by molar-refractivity contribution is 9.10. The first kappa shape index (κ1) is 13.2. The van der Waals surface area contributed by atoms with Crippen molar-refractivity contribution in [3.8, 4) is 0 Å². The van der Waals surface area contributed by atoms with E-state index < -0.39 is 0 Å². The van der Waals surface area contributed by atoms with Gasteiger partial charge in [-0.1, -0.05) is 6.07 Å². The molecule has 0 spiro atoms. The van der Waals surface area contributed by atoms with Crippen LogP contribution >= 0.6 is 15.9 Å². The fourth-order valence-electron chi connectivity index (χ4n) is 1.91. The highest BCUT2D eigenvalue weighted by Crippen LogP contribution is 2.30. The number of carbonyl (C=O) groups excluding carboxylic acids is 2. The van der Waals surface area contributed by atoms with Crippen LogP contribution in [0.15, 0.2) is 22.7 Å². The SMILES string of the molecule is CNC(C)(C)CN1C(=O)c2cccc(Br)c2C1=O. The van der Waals surface area contributed by atoms with Crippen LogP contribution in [0.5, 0.6) is 0 Å². The lowest BCUT2D eigenvalue weighted by Crippen LogP contribution is -2.49. The molecule has 0 radical (unpaired) electrons. The second kappa shape index (κ2) is 4.48. The molecule has 5 heteroatoms. The van der Waals surface area contributed by atoms with Gasteiger partial charge in [0.2, 0.25) is 0 Å². The standard InChI is InChI=1S/C13H15BrN2O2/c1-13(2,15-3)7-16-11(17)8-5-4-6-9(14)10(8)12(16)18/h4-6,15H,7H2,1-3H3. The predicted molar refractivity (Wildman–Crippen MR) is 72.6 cm³/mol. The summed E-state index contributed by atoms with van der Waals surface area (Å²) in [4.78, 5) is 25.8. The van der Waals surface area contributed by atoms with Crippen molar-refractivity contribution in [2.45, 2.75) is 19.4 Å². The first-order chi connectivity index (χ1) is 8.37. The Bertz CT molecular complexity index is 526. The van der Waals surface area contributed by atoms with Gasteiger partial charge in [0.15, 0.2) is 0 Å². The Morgan fingerprint density at radius 1 is 1.28 bits per heavy atom. The average Bonchev–Trinajstić information content (AvgIpc) is 2.55. The molecule has 1 N–H and O–H groups in total. The zero-order chi connectivity index (χ0) is 13.5. The Labute approximate surface area is 114 Å². The van der Waals surface area contributed by atoms with Crippen LogP contribution in [0, 0.1) is 0 Å². The van der Waals surface area contributed by atoms with Crippen LogP contribution in [-0.2, 0) is 0 Å². The number of amides is 2. The van der Waals surface area contributed by atoms with Crippen molar-refractivity contribution in [2.24, 2.45) is 0 Å². The number of hydrogen-bond acceptors (Lipinski definition) is 3. The van der Waals surface area contributed by atoms with Gasteiger partial charge in [0.1, 0.15) is 0 Å². The van der Waals surface area contributed by atoms with E-state index in [1.807, 2.05) is 20.9 Å². The largest absolute Gasteiger partial charge is 0.313 e. The minimum atomic E-state index is -0.306. The number of hydrogen-bond donors (Lipinski definition) is 1. The zero-order valence-corrected chi connectivity index (χ0v) is 12.2. The van der Waals surface area contributed by atoms with E-state index in [2.05, 4.69) is 21.2 Å². The summed E-state index contributed by atoms with van der Waals surface area (Å²) in [6, 6.07) is 5.23. The van der Waals surface area contributed by atoms with Crippen molar-refractivity contribution in [3.05, 3.63) is 33.8 Å². The minimum Gasteiger partial charge on any atom is -0.313 e. The van der Waals surface area contributed by atoms with E-state index in [9.17, 15) is 9.59 Å². The monoisotopic (exact) mass is 310 g/mol. The van der Waals surface area contributed by atoms with E-state index in [1.165, 1.54) is 4.90 Å². The summed E-state index contributed by atoms with van der Waals surface area (Å²) in [6.07, 6.45) is 0. The zero-order valence-electron chi connectivity index (χ0n) is 10.6. The minimum absolute atomic E-state index is 0.223. The van der Waals surface area contributed by atoms with Gasteiger partial charge in [0.05, 0.1) is 11.1 Å². The van der Waals surface area contributed by atoms with Crippen LogP contribution < -0.4 is 5.32 Å². The normalized spacial score (nSPS) is 15.2. The van der Waals surface area contributed by atoms with Crippen molar-refractivity contribution >= 4 is 27.7 Å². The summed E-state index contributed by atoms with van der Waals surface area (Å²) < 4.78 is 0.670. The quantitative estimate of drug-likeness (QED) is 0.869. The summed E-state index contributed by atoms with van der Waals surface area (Å²) in [5, 5.41) is 3.09. The van der Waals surface area contributed by atoms with Crippen LogP contribution in [0.2, 0.25) is 0 Å². The summed E-state index contributed by atoms with van der Waals surface area (Å²) in [5.74, 6) is -0.453. The summed E-state index contributed by atoms with van der Waals surface area (Å²) >= 11 is 3.32. The number of carbonyl (C=O) groups is 2. The van der Waals surface area contributed by atoms with Crippen LogP contribution in [0.3, 0.4) is 0 Å². The number of fused-ring (bicyclic) bond motifs is 1. The molecule has 4 nitrogen and oxygen atoms in total. The molecule has 96 valence electrons. The van der Waals surface area contributed by atoms with E-state index >= 15 is 0 Å². The van der Waals surface area contributed by atoms with E-state index in [-0.39, 0.29) is 17.4 Å². The molecule has 1 aliphatic rings. The molecule has 0 saturated heterocycles. The fraction of sp³-hybridized carbons (Fsp3) is 0.385. The van der Waals surface area contributed by atoms with Crippen molar-refractivity contribution in [1.29, 1.82) is 0 Å². The molecule has 1 aliphatic heterocycles. The van der Waals surface area contributed by atoms with Gasteiger partial charge in [-0.15, -0.1) is 0 Å². The lowest BCUT2D eigenvalue weighted by atomic mass is 10.1. The van der Waals surface area contributed by atoms with E-state index in [0.29, 0.717) is 22.1 Å². The topological polar surface area (TPSA) is 49.4 Å². The van der Waals surface area contributed by atoms with E-state index in [4.69, 9.17) is 0 Å². The smallest absolute Gasteiger partial charge is 0.262 e. The third-order valence-electron chi connectivity index (χ3n) is 3.18. The summed E-state index contributed by atoms with van der Waals surface area (Å²) in [6.45, 7) is 4.25. The van der Waals surface area contributed by atoms with Gasteiger partial charge in [-0.25, -0.2) is 0 Å². The Morgan fingerprint density at radius 3 is 2.50 bits per heavy atom. The molecule has 0 atom stereocenters. The van der Waals surface area contributed by atoms with Crippen molar-refractivity contribution in [3.63, 3.8) is 0 Å². The maximum Gasteiger partial charge on any atom is 0.262 e. The van der Waals surface area contributed by atoms with Crippen molar-refractivity contribution in [2.75, 3.05) is 13.6 Å². The van der Waals surface area contributed by atoms with Gasteiger partial charge in [0.25, 0.3) is 11.8 Å². The number of rotatable bonds is 3. The number of benzene rings is 1. The molecule has 0 bridgehead atoms. The molecule has 0 aliphatic carbocycles. The van der Waals surface area contributed by atoms with Gasteiger partial charge in [0, 0.05) is 16.6 Å². The molecule has 0 fully saturated rings. The molecular weight excluding hydrogens is 296 g/mol. The van der Waals surface area contributed by atoms with Gasteiger partial charge in [-0.2, -0.15) is 0 Å². The number of likely N-dealkylation sites (N-methyl/N-ethyl adjacent to an activating group) is 1. The molecule has 18 heavy (non-hydrogen) atoms. The first-order valence-electron chi connectivity index (χ1n) is 5.71. The Balaban J connectivity index is 2.38. The lowest BCUT2D eigenvalue weighted by Gasteiger charge is -2.28. The van der Waals surface area contributed by atoms with Gasteiger partial charge in [-0.3, -0.25) is 14.5 Å². The van der Waals surface area contributed by atoms with E-state index in [1.54, 1.807) is 18.2 Å². The average molecular weight is 311 g/mol.